The lowest BCUT2D eigenvalue weighted by Crippen LogP contribution is -2.18. The summed E-state index contributed by atoms with van der Waals surface area (Å²) < 4.78 is 5.13. The predicted molar refractivity (Wildman–Crippen MR) is 74.3 cm³/mol. The number of ether oxygens (including phenoxy) is 1. The third-order valence-electron chi connectivity index (χ3n) is 3.33. The van der Waals surface area contributed by atoms with Crippen molar-refractivity contribution in [1.82, 2.24) is 0 Å². The van der Waals surface area contributed by atoms with Gasteiger partial charge in [0, 0.05) is 6.92 Å². The number of hydrogen-bond acceptors (Lipinski definition) is 2. The fourth-order valence-electron chi connectivity index (χ4n) is 2.05. The van der Waals surface area contributed by atoms with E-state index in [1.807, 2.05) is 6.07 Å². The summed E-state index contributed by atoms with van der Waals surface area (Å²) in [6, 6.07) is 10.5. The maximum atomic E-state index is 10.8. The average molecular weight is 248 g/mol. The molecule has 0 fully saturated rings. The van der Waals surface area contributed by atoms with Crippen LogP contribution in [0.5, 0.6) is 0 Å². The molecule has 1 aromatic carbocycles. The highest BCUT2D eigenvalue weighted by Crippen LogP contribution is 2.19. The summed E-state index contributed by atoms with van der Waals surface area (Å²) >= 11 is 0. The van der Waals surface area contributed by atoms with E-state index in [0.717, 1.165) is 19.3 Å². The van der Waals surface area contributed by atoms with Gasteiger partial charge in [-0.2, -0.15) is 0 Å². The smallest absolute Gasteiger partial charge is 0.302 e. The maximum Gasteiger partial charge on any atom is 0.302 e. The van der Waals surface area contributed by atoms with Gasteiger partial charge in [0.05, 0.1) is 6.61 Å². The van der Waals surface area contributed by atoms with Crippen molar-refractivity contribution in [3.63, 3.8) is 0 Å². The molecule has 1 atom stereocenters. The minimum absolute atomic E-state index is 0.177. The van der Waals surface area contributed by atoms with E-state index >= 15 is 0 Å². The minimum atomic E-state index is -0.177. The van der Waals surface area contributed by atoms with Crippen LogP contribution in [0.3, 0.4) is 0 Å². The summed E-state index contributed by atoms with van der Waals surface area (Å²) in [5.74, 6) is 0.849. The first-order chi connectivity index (χ1) is 8.59. The molecular weight excluding hydrogens is 224 g/mol. The molecule has 0 aliphatic rings. The molecule has 100 valence electrons. The number of aryl methyl sites for hydroxylation is 1. The van der Waals surface area contributed by atoms with Crippen LogP contribution in [-0.2, 0) is 16.0 Å². The largest absolute Gasteiger partial charge is 0.466 e. The van der Waals surface area contributed by atoms with Crippen molar-refractivity contribution in [3.8, 4) is 0 Å². The lowest BCUT2D eigenvalue weighted by molar-refractivity contribution is -0.142. The summed E-state index contributed by atoms with van der Waals surface area (Å²) in [5, 5.41) is 0. The van der Waals surface area contributed by atoms with Crippen molar-refractivity contribution in [2.24, 2.45) is 11.8 Å². The second-order valence-corrected chi connectivity index (χ2v) is 5.18. The molecule has 0 aliphatic carbocycles. The van der Waals surface area contributed by atoms with Crippen LogP contribution in [0.15, 0.2) is 30.3 Å². The Morgan fingerprint density at radius 2 is 1.89 bits per heavy atom. The van der Waals surface area contributed by atoms with E-state index in [0.29, 0.717) is 18.4 Å². The Kier molecular flexibility index (Phi) is 6.48. The zero-order valence-electron chi connectivity index (χ0n) is 11.7. The van der Waals surface area contributed by atoms with Crippen LogP contribution < -0.4 is 0 Å². The normalized spacial score (nSPS) is 12.4. The summed E-state index contributed by atoms with van der Waals surface area (Å²) in [4.78, 5) is 10.8. The third kappa shape index (κ3) is 5.85. The molecule has 2 heteroatoms. The Morgan fingerprint density at radius 3 is 2.44 bits per heavy atom. The molecule has 0 radical (unpaired) electrons. The quantitative estimate of drug-likeness (QED) is 0.685. The first-order valence-electron chi connectivity index (χ1n) is 6.77. The van der Waals surface area contributed by atoms with Crippen LogP contribution in [0.25, 0.3) is 0 Å². The molecular formula is C16H24O2. The fraction of sp³-hybridized carbons (Fsp3) is 0.562. The van der Waals surface area contributed by atoms with Gasteiger partial charge in [-0.05, 0) is 36.7 Å². The monoisotopic (exact) mass is 248 g/mol. The topological polar surface area (TPSA) is 26.3 Å². The predicted octanol–water partition coefficient (Wildman–Crippen LogP) is 3.84. The van der Waals surface area contributed by atoms with Gasteiger partial charge in [0.15, 0.2) is 0 Å². The Bertz CT molecular complexity index is 343. The molecule has 0 saturated heterocycles. The van der Waals surface area contributed by atoms with Crippen molar-refractivity contribution in [2.75, 3.05) is 6.61 Å². The minimum Gasteiger partial charge on any atom is -0.466 e. The van der Waals surface area contributed by atoms with Gasteiger partial charge in [-0.25, -0.2) is 0 Å². The van der Waals surface area contributed by atoms with Gasteiger partial charge in [0.2, 0.25) is 0 Å². The summed E-state index contributed by atoms with van der Waals surface area (Å²) in [6.45, 7) is 6.41. The number of carbonyl (C=O) groups excluding carboxylic acids is 1. The van der Waals surface area contributed by atoms with Crippen LogP contribution in [0.1, 0.15) is 39.2 Å². The lowest BCUT2D eigenvalue weighted by atomic mass is 9.90. The second-order valence-electron chi connectivity index (χ2n) is 5.18. The van der Waals surface area contributed by atoms with E-state index < -0.39 is 0 Å². The molecule has 0 unspecified atom stereocenters. The molecule has 1 aromatic rings. The molecule has 1 rings (SSSR count). The van der Waals surface area contributed by atoms with Crippen molar-refractivity contribution in [3.05, 3.63) is 35.9 Å². The Morgan fingerprint density at radius 1 is 1.22 bits per heavy atom. The first-order valence-corrected chi connectivity index (χ1v) is 6.77. The first kappa shape index (κ1) is 14.7. The van der Waals surface area contributed by atoms with Crippen LogP contribution in [0, 0.1) is 11.8 Å². The molecule has 0 aliphatic heterocycles. The van der Waals surface area contributed by atoms with E-state index in [4.69, 9.17) is 4.74 Å². The highest BCUT2D eigenvalue weighted by molar-refractivity contribution is 5.65. The van der Waals surface area contributed by atoms with Crippen LogP contribution in [0.4, 0.5) is 0 Å². The summed E-state index contributed by atoms with van der Waals surface area (Å²) in [7, 11) is 0. The van der Waals surface area contributed by atoms with Gasteiger partial charge in [-0.3, -0.25) is 4.79 Å². The van der Waals surface area contributed by atoms with Gasteiger partial charge < -0.3 is 4.74 Å². The van der Waals surface area contributed by atoms with E-state index in [2.05, 4.69) is 38.1 Å². The van der Waals surface area contributed by atoms with Crippen molar-refractivity contribution in [2.45, 2.75) is 40.0 Å². The zero-order chi connectivity index (χ0) is 13.4. The molecule has 0 bridgehead atoms. The van der Waals surface area contributed by atoms with E-state index in [9.17, 15) is 4.79 Å². The summed E-state index contributed by atoms with van der Waals surface area (Å²) in [5.41, 5.74) is 1.38. The van der Waals surface area contributed by atoms with Crippen LogP contribution in [-0.4, -0.2) is 12.6 Å². The summed E-state index contributed by atoms with van der Waals surface area (Å²) in [6.07, 6.45) is 3.36. The molecule has 0 spiro atoms. The number of esters is 1. The highest BCUT2D eigenvalue weighted by Gasteiger charge is 2.14. The molecule has 0 N–H and O–H groups in total. The van der Waals surface area contributed by atoms with Gasteiger partial charge in [-0.15, -0.1) is 0 Å². The van der Waals surface area contributed by atoms with Crippen LogP contribution >= 0.6 is 0 Å². The Balaban J connectivity index is 2.31. The van der Waals surface area contributed by atoms with E-state index in [1.54, 1.807) is 0 Å². The number of benzene rings is 1. The van der Waals surface area contributed by atoms with E-state index in [1.165, 1.54) is 12.5 Å². The molecule has 0 aromatic heterocycles. The Hall–Kier alpha value is -1.31. The van der Waals surface area contributed by atoms with Gasteiger partial charge in [0.1, 0.15) is 0 Å². The number of rotatable bonds is 7. The highest BCUT2D eigenvalue weighted by atomic mass is 16.5. The average Bonchev–Trinajstić information content (AvgIpc) is 2.34. The SMILES string of the molecule is CC(=O)OC[C@H](CCCc1ccccc1)C(C)C. The molecule has 0 saturated carbocycles. The number of hydrogen-bond donors (Lipinski definition) is 0. The van der Waals surface area contributed by atoms with Gasteiger partial charge in [-0.1, -0.05) is 44.2 Å². The van der Waals surface area contributed by atoms with Crippen LogP contribution in [0.2, 0.25) is 0 Å². The Labute approximate surface area is 110 Å². The van der Waals surface area contributed by atoms with Crippen molar-refractivity contribution < 1.29 is 9.53 Å². The molecule has 0 heterocycles. The van der Waals surface area contributed by atoms with Crippen molar-refractivity contribution in [1.29, 1.82) is 0 Å². The zero-order valence-corrected chi connectivity index (χ0v) is 11.7. The van der Waals surface area contributed by atoms with Gasteiger partial charge in [0.25, 0.3) is 0 Å². The molecule has 0 amide bonds. The number of carbonyl (C=O) groups is 1. The standard InChI is InChI=1S/C16H24O2/c1-13(2)16(12-18-14(3)17)11-7-10-15-8-5-4-6-9-15/h4-6,8-9,13,16H,7,10-12H2,1-3H3/t16-/m0/s1. The van der Waals surface area contributed by atoms with Gasteiger partial charge >= 0.3 is 5.97 Å². The molecule has 2 nitrogen and oxygen atoms in total. The maximum absolute atomic E-state index is 10.8. The lowest BCUT2D eigenvalue weighted by Gasteiger charge is -2.20. The fourth-order valence-corrected chi connectivity index (χ4v) is 2.05. The van der Waals surface area contributed by atoms with E-state index in [-0.39, 0.29) is 5.97 Å². The second kappa shape index (κ2) is 7.91. The third-order valence-corrected chi connectivity index (χ3v) is 3.33. The van der Waals surface area contributed by atoms with Crippen molar-refractivity contribution >= 4 is 5.97 Å². The molecule has 18 heavy (non-hydrogen) atoms.